The van der Waals surface area contributed by atoms with E-state index in [1.54, 1.807) is 24.4 Å². The van der Waals surface area contributed by atoms with Gasteiger partial charge in [-0.15, -0.1) is 0 Å². The van der Waals surface area contributed by atoms with Crippen molar-refractivity contribution >= 4 is 34.5 Å². The molecule has 150 valence electrons. The number of aryl methyl sites for hydroxylation is 1. The molecule has 0 atom stereocenters. The van der Waals surface area contributed by atoms with E-state index < -0.39 is 5.97 Å². The molecule has 0 aliphatic carbocycles. The lowest BCUT2D eigenvalue weighted by Gasteiger charge is -2.11. The van der Waals surface area contributed by atoms with Crippen molar-refractivity contribution in [1.82, 2.24) is 19.9 Å². The molecule has 0 fully saturated rings. The van der Waals surface area contributed by atoms with Crippen LogP contribution in [0.25, 0.3) is 10.9 Å². The van der Waals surface area contributed by atoms with Crippen molar-refractivity contribution in [3.8, 4) is 0 Å². The van der Waals surface area contributed by atoms with Crippen LogP contribution in [-0.2, 0) is 17.8 Å². The summed E-state index contributed by atoms with van der Waals surface area (Å²) in [5, 5.41) is 3.88. The minimum atomic E-state index is -0.488. The van der Waals surface area contributed by atoms with E-state index in [0.29, 0.717) is 11.5 Å². The van der Waals surface area contributed by atoms with Crippen LogP contribution >= 0.6 is 0 Å². The maximum absolute atomic E-state index is 12.6. The Labute approximate surface area is 173 Å². The van der Waals surface area contributed by atoms with Crippen molar-refractivity contribution in [2.75, 3.05) is 11.1 Å². The van der Waals surface area contributed by atoms with Crippen LogP contribution in [0.4, 0.5) is 17.6 Å². The van der Waals surface area contributed by atoms with Crippen LogP contribution in [0.5, 0.6) is 0 Å². The molecule has 4 rings (SSSR count). The van der Waals surface area contributed by atoms with Crippen molar-refractivity contribution in [2.45, 2.75) is 20.0 Å². The third-order valence-corrected chi connectivity index (χ3v) is 4.54. The number of nitrogens with two attached hydrogens (primary N) is 1. The van der Waals surface area contributed by atoms with Gasteiger partial charge in [-0.05, 0) is 36.2 Å². The van der Waals surface area contributed by atoms with Gasteiger partial charge in [0.2, 0.25) is 11.9 Å². The Morgan fingerprint density at radius 2 is 1.90 bits per heavy atom. The largest absolute Gasteiger partial charge is 0.454 e. The van der Waals surface area contributed by atoms with Crippen LogP contribution in [0.1, 0.15) is 28.7 Å². The highest BCUT2D eigenvalue weighted by Gasteiger charge is 2.14. The maximum Gasteiger partial charge on any atom is 0.339 e. The topological polar surface area (TPSA) is 116 Å². The van der Waals surface area contributed by atoms with Gasteiger partial charge in [0.05, 0.1) is 11.1 Å². The second kappa shape index (κ2) is 8.52. The highest BCUT2D eigenvalue weighted by Crippen LogP contribution is 2.20. The number of hydrogen-bond acceptors (Lipinski definition) is 8. The quantitative estimate of drug-likeness (QED) is 0.471. The molecule has 0 aliphatic rings. The molecule has 8 heteroatoms. The number of ether oxygens (including phenoxy) is 1. The molecule has 4 aromatic rings. The first kappa shape index (κ1) is 19.3. The molecule has 0 saturated carbocycles. The minimum absolute atomic E-state index is 0.0434. The summed E-state index contributed by atoms with van der Waals surface area (Å²) < 4.78 is 5.42. The van der Waals surface area contributed by atoms with E-state index >= 15 is 0 Å². The fraction of sp³-hybridized carbons (Fsp3) is 0.136. The van der Waals surface area contributed by atoms with Crippen molar-refractivity contribution in [3.05, 3.63) is 77.7 Å². The predicted octanol–water partition coefficient (Wildman–Crippen LogP) is 3.67. The van der Waals surface area contributed by atoms with Crippen LogP contribution in [0.15, 0.2) is 60.8 Å². The summed E-state index contributed by atoms with van der Waals surface area (Å²) in [4.78, 5) is 29.4. The zero-order chi connectivity index (χ0) is 20.9. The molecule has 0 radical (unpaired) electrons. The summed E-state index contributed by atoms with van der Waals surface area (Å²) >= 11 is 0. The Balaban J connectivity index is 1.52. The summed E-state index contributed by atoms with van der Waals surface area (Å²) in [6.45, 7) is 1.93. The fourth-order valence-corrected chi connectivity index (χ4v) is 3.12. The molecule has 2 aromatic heterocycles. The number of para-hydroxylation sites is 1. The first-order chi connectivity index (χ1) is 14.6. The SMILES string of the molecule is CCc1ccccc1Nc1nc(N)nc(COC(=O)c2cccc3ncccc23)n1. The number of pyridine rings is 1. The second-order valence-electron chi connectivity index (χ2n) is 6.52. The van der Waals surface area contributed by atoms with E-state index in [4.69, 9.17) is 10.5 Å². The number of anilines is 3. The van der Waals surface area contributed by atoms with Crippen molar-refractivity contribution in [1.29, 1.82) is 0 Å². The van der Waals surface area contributed by atoms with Gasteiger partial charge >= 0.3 is 5.97 Å². The number of benzene rings is 2. The summed E-state index contributed by atoms with van der Waals surface area (Å²) in [5.74, 6) is 0.106. The standard InChI is InChI=1S/C22H20N6O2/c1-2-14-7-3-4-10-17(14)25-22-27-19(26-21(23)28-22)13-30-20(29)16-8-5-11-18-15(16)9-6-12-24-18/h3-12H,2,13H2,1H3,(H3,23,25,26,27,28). The number of esters is 1. The van der Waals surface area contributed by atoms with E-state index in [2.05, 4.69) is 32.2 Å². The van der Waals surface area contributed by atoms with Crippen LogP contribution < -0.4 is 11.1 Å². The maximum atomic E-state index is 12.6. The molecule has 8 nitrogen and oxygen atoms in total. The monoisotopic (exact) mass is 400 g/mol. The number of carbonyl (C=O) groups excluding carboxylic acids is 1. The lowest BCUT2D eigenvalue weighted by Crippen LogP contribution is -2.12. The van der Waals surface area contributed by atoms with Gasteiger partial charge in [0.15, 0.2) is 12.4 Å². The van der Waals surface area contributed by atoms with Gasteiger partial charge in [0, 0.05) is 17.3 Å². The summed E-state index contributed by atoms with van der Waals surface area (Å²) in [5.41, 5.74) is 8.98. The Morgan fingerprint density at radius 1 is 1.03 bits per heavy atom. The van der Waals surface area contributed by atoms with Gasteiger partial charge in [-0.25, -0.2) is 4.79 Å². The molecule has 0 bridgehead atoms. The van der Waals surface area contributed by atoms with E-state index in [0.717, 1.165) is 28.6 Å². The summed E-state index contributed by atoms with van der Waals surface area (Å²) in [6, 6.07) is 16.8. The average molecular weight is 400 g/mol. The predicted molar refractivity (Wildman–Crippen MR) is 114 cm³/mol. The minimum Gasteiger partial charge on any atom is -0.454 e. The van der Waals surface area contributed by atoms with Crippen LogP contribution in [0.3, 0.4) is 0 Å². The molecule has 2 heterocycles. The molecule has 0 spiro atoms. The first-order valence-corrected chi connectivity index (χ1v) is 9.50. The van der Waals surface area contributed by atoms with Gasteiger partial charge in [-0.1, -0.05) is 37.3 Å². The Morgan fingerprint density at radius 3 is 2.77 bits per heavy atom. The Bertz CT molecular complexity index is 1210. The van der Waals surface area contributed by atoms with Gasteiger partial charge in [-0.3, -0.25) is 4.98 Å². The Hall–Kier alpha value is -4.07. The zero-order valence-electron chi connectivity index (χ0n) is 16.4. The molecule has 0 aliphatic heterocycles. The molecule has 0 saturated heterocycles. The molecule has 30 heavy (non-hydrogen) atoms. The van der Waals surface area contributed by atoms with E-state index in [-0.39, 0.29) is 18.4 Å². The van der Waals surface area contributed by atoms with Gasteiger partial charge in [-0.2, -0.15) is 15.0 Å². The Kier molecular flexibility index (Phi) is 5.47. The third-order valence-electron chi connectivity index (χ3n) is 4.54. The average Bonchev–Trinajstić information content (AvgIpc) is 2.77. The highest BCUT2D eigenvalue weighted by atomic mass is 16.5. The second-order valence-corrected chi connectivity index (χ2v) is 6.52. The molecule has 0 amide bonds. The van der Waals surface area contributed by atoms with Gasteiger partial charge in [0.1, 0.15) is 0 Å². The number of hydrogen-bond donors (Lipinski definition) is 2. The summed E-state index contributed by atoms with van der Waals surface area (Å²) in [6.07, 6.45) is 2.53. The molecular formula is C22H20N6O2. The van der Waals surface area contributed by atoms with E-state index in [1.807, 2.05) is 36.4 Å². The molecular weight excluding hydrogens is 380 g/mol. The van der Waals surface area contributed by atoms with Crippen molar-refractivity contribution in [2.24, 2.45) is 0 Å². The number of carbonyl (C=O) groups is 1. The van der Waals surface area contributed by atoms with Gasteiger partial charge in [0.25, 0.3) is 0 Å². The van der Waals surface area contributed by atoms with E-state index in [1.165, 1.54) is 0 Å². The smallest absolute Gasteiger partial charge is 0.339 e. The number of nitrogen functional groups attached to an aromatic ring is 1. The number of nitrogens with one attached hydrogen (secondary N) is 1. The first-order valence-electron chi connectivity index (χ1n) is 9.50. The van der Waals surface area contributed by atoms with E-state index in [9.17, 15) is 4.79 Å². The summed E-state index contributed by atoms with van der Waals surface area (Å²) in [7, 11) is 0. The normalized spacial score (nSPS) is 10.7. The lowest BCUT2D eigenvalue weighted by molar-refractivity contribution is 0.0464. The lowest BCUT2D eigenvalue weighted by atomic mass is 10.1. The zero-order valence-corrected chi connectivity index (χ0v) is 16.4. The molecule has 3 N–H and O–H groups in total. The number of rotatable bonds is 6. The van der Waals surface area contributed by atoms with Crippen LogP contribution in [0, 0.1) is 0 Å². The number of nitrogens with zero attached hydrogens (tertiary/aromatic N) is 4. The fourth-order valence-electron chi connectivity index (χ4n) is 3.12. The van der Waals surface area contributed by atoms with Gasteiger partial charge < -0.3 is 15.8 Å². The van der Waals surface area contributed by atoms with Crippen LogP contribution in [0.2, 0.25) is 0 Å². The third kappa shape index (κ3) is 4.17. The number of fused-ring (bicyclic) bond motifs is 1. The van der Waals surface area contributed by atoms with Crippen LogP contribution in [-0.4, -0.2) is 25.9 Å². The number of aromatic nitrogens is 4. The highest BCUT2D eigenvalue weighted by molar-refractivity contribution is 6.03. The van der Waals surface area contributed by atoms with Crippen molar-refractivity contribution < 1.29 is 9.53 Å². The van der Waals surface area contributed by atoms with Crippen molar-refractivity contribution in [3.63, 3.8) is 0 Å². The molecule has 2 aromatic carbocycles. The molecule has 0 unspecified atom stereocenters.